The molecule has 8 nitrogen and oxygen atoms in total. The van der Waals surface area contributed by atoms with E-state index in [2.05, 4.69) is 68.1 Å². The largest absolute Gasteiger partial charge is 0.340 e. The summed E-state index contributed by atoms with van der Waals surface area (Å²) in [5.74, 6) is 2.05. The molecule has 2 atom stereocenters. The van der Waals surface area contributed by atoms with Gasteiger partial charge in [0.25, 0.3) is 5.91 Å². The molecule has 0 bridgehead atoms. The van der Waals surface area contributed by atoms with Crippen molar-refractivity contribution in [1.29, 1.82) is 0 Å². The van der Waals surface area contributed by atoms with Gasteiger partial charge in [0.2, 0.25) is 5.96 Å². The standard InChI is InChI=1S/C29H26IN7O/c1-35-28(38)25-26(32-21-6-3-2-4-7-21)36(34-27(25)37-24-9-5-8-23(24)33-29(35)37)17-18-10-12-19(13-11-18)22-15-14-20(30)16-31-22/h2-4,6-7,10-16,23-24,32H,5,8-9,17H2,1H3/t23-,24+/m1/s1. The van der Waals surface area contributed by atoms with E-state index in [1.807, 2.05) is 54.3 Å². The maximum atomic E-state index is 13.7. The molecule has 2 aromatic carbocycles. The van der Waals surface area contributed by atoms with Crippen molar-refractivity contribution >= 4 is 51.8 Å². The van der Waals surface area contributed by atoms with Crippen LogP contribution in [0.4, 0.5) is 17.3 Å². The number of aromatic nitrogens is 3. The molecule has 3 aliphatic rings. The lowest BCUT2D eigenvalue weighted by Gasteiger charge is -2.34. The molecule has 38 heavy (non-hydrogen) atoms. The number of para-hydroxylation sites is 1. The molecule has 2 aromatic heterocycles. The number of anilines is 3. The van der Waals surface area contributed by atoms with Gasteiger partial charge in [-0.05, 0) is 71.7 Å². The number of aliphatic imine (C=N–C) groups is 1. The minimum atomic E-state index is -0.0835. The van der Waals surface area contributed by atoms with Crippen molar-refractivity contribution in [3.63, 3.8) is 0 Å². The van der Waals surface area contributed by atoms with Gasteiger partial charge in [-0.3, -0.25) is 19.6 Å². The zero-order chi connectivity index (χ0) is 25.8. The van der Waals surface area contributed by atoms with Crippen LogP contribution in [0.15, 0.2) is 77.9 Å². The van der Waals surface area contributed by atoms with Crippen molar-refractivity contribution in [2.24, 2.45) is 4.99 Å². The molecule has 4 aromatic rings. The molecule has 1 saturated carbocycles. The topological polar surface area (TPSA) is 78.7 Å². The number of hydrogen-bond donors (Lipinski definition) is 1. The first-order valence-corrected chi connectivity index (χ1v) is 13.9. The van der Waals surface area contributed by atoms with Crippen molar-refractivity contribution in [3.8, 4) is 11.3 Å². The Morgan fingerprint density at radius 2 is 1.84 bits per heavy atom. The van der Waals surface area contributed by atoms with Crippen LogP contribution >= 0.6 is 22.6 Å². The molecule has 0 spiro atoms. The summed E-state index contributed by atoms with van der Waals surface area (Å²) in [7, 11) is 1.82. The van der Waals surface area contributed by atoms with Crippen LogP contribution in [0.25, 0.3) is 11.3 Å². The van der Waals surface area contributed by atoms with E-state index in [9.17, 15) is 4.79 Å². The summed E-state index contributed by atoms with van der Waals surface area (Å²) in [6, 6.07) is 22.9. The van der Waals surface area contributed by atoms with Crippen molar-refractivity contribution in [1.82, 2.24) is 19.7 Å². The van der Waals surface area contributed by atoms with E-state index in [0.29, 0.717) is 23.7 Å². The van der Waals surface area contributed by atoms with Crippen molar-refractivity contribution in [3.05, 3.63) is 87.6 Å². The molecule has 2 aliphatic heterocycles. The van der Waals surface area contributed by atoms with E-state index in [0.717, 1.165) is 51.3 Å². The molecule has 190 valence electrons. The smallest absolute Gasteiger partial charge is 0.267 e. The maximum Gasteiger partial charge on any atom is 0.267 e. The van der Waals surface area contributed by atoms with Crippen LogP contribution in [0.5, 0.6) is 0 Å². The number of pyridine rings is 1. The number of carbonyl (C=O) groups is 1. The number of fused-ring (bicyclic) bond motifs is 5. The number of benzene rings is 2. The fourth-order valence-electron chi connectivity index (χ4n) is 5.70. The average molecular weight is 615 g/mol. The maximum absolute atomic E-state index is 13.7. The Bertz CT molecular complexity index is 1550. The molecular formula is C29H26IN7O. The van der Waals surface area contributed by atoms with Crippen LogP contribution in [0.3, 0.4) is 0 Å². The molecule has 1 N–H and O–H groups in total. The molecule has 0 unspecified atom stereocenters. The van der Waals surface area contributed by atoms with Crippen LogP contribution in [-0.4, -0.2) is 50.7 Å². The number of halogens is 1. The van der Waals surface area contributed by atoms with Gasteiger partial charge in [0, 0.05) is 28.1 Å². The van der Waals surface area contributed by atoms with Gasteiger partial charge in [-0.15, -0.1) is 0 Å². The summed E-state index contributed by atoms with van der Waals surface area (Å²) in [6.07, 6.45) is 5.13. The highest BCUT2D eigenvalue weighted by Crippen LogP contribution is 2.43. The molecule has 0 saturated heterocycles. The third-order valence-corrected chi connectivity index (χ3v) is 8.24. The lowest BCUT2D eigenvalue weighted by atomic mass is 10.1. The normalized spacial score (nSPS) is 19.7. The molecule has 4 heterocycles. The monoisotopic (exact) mass is 615 g/mol. The number of rotatable bonds is 5. The van der Waals surface area contributed by atoms with E-state index in [1.54, 1.807) is 4.90 Å². The van der Waals surface area contributed by atoms with Gasteiger partial charge in [0.05, 0.1) is 24.3 Å². The number of guanidine groups is 1. The van der Waals surface area contributed by atoms with E-state index < -0.39 is 0 Å². The number of nitrogens with zero attached hydrogens (tertiary/aromatic N) is 6. The molecule has 1 aliphatic carbocycles. The van der Waals surface area contributed by atoms with Gasteiger partial charge in [0.15, 0.2) is 5.82 Å². The number of hydrogen-bond acceptors (Lipinski definition) is 6. The molecule has 0 radical (unpaired) electrons. The number of carbonyl (C=O) groups excluding carboxylic acids is 1. The Hall–Kier alpha value is -3.73. The van der Waals surface area contributed by atoms with Crippen LogP contribution in [0, 0.1) is 3.57 Å². The zero-order valence-corrected chi connectivity index (χ0v) is 23.0. The molecular weight excluding hydrogens is 589 g/mol. The fraction of sp³-hybridized carbons (Fsp3) is 0.241. The van der Waals surface area contributed by atoms with E-state index in [-0.39, 0.29) is 18.0 Å². The Kier molecular flexibility index (Phi) is 5.68. The second kappa shape index (κ2) is 9.23. The first-order chi connectivity index (χ1) is 18.6. The fourth-order valence-corrected chi connectivity index (χ4v) is 6.02. The molecule has 9 heteroatoms. The van der Waals surface area contributed by atoms with Crippen LogP contribution in [0.1, 0.15) is 35.2 Å². The second-order valence-electron chi connectivity index (χ2n) is 9.98. The van der Waals surface area contributed by atoms with E-state index in [4.69, 9.17) is 10.1 Å². The Balaban J connectivity index is 1.29. The highest BCUT2D eigenvalue weighted by atomic mass is 127. The summed E-state index contributed by atoms with van der Waals surface area (Å²) < 4.78 is 3.03. The molecule has 7 rings (SSSR count). The second-order valence-corrected chi connectivity index (χ2v) is 11.2. The third-order valence-electron chi connectivity index (χ3n) is 7.60. The van der Waals surface area contributed by atoms with Gasteiger partial charge in [0.1, 0.15) is 11.4 Å². The SMILES string of the molecule is CN1C(=O)c2c(nn(Cc3ccc(-c4ccc(I)cn4)cc3)c2Nc2ccccc2)N2C1=N[C@@H]1CCC[C@@H]12. The molecule has 1 amide bonds. The van der Waals surface area contributed by atoms with Crippen LogP contribution in [-0.2, 0) is 6.54 Å². The van der Waals surface area contributed by atoms with Crippen molar-refractivity contribution in [2.75, 3.05) is 17.3 Å². The summed E-state index contributed by atoms with van der Waals surface area (Å²) >= 11 is 2.26. The number of nitrogens with one attached hydrogen (secondary N) is 1. The zero-order valence-electron chi connectivity index (χ0n) is 20.9. The van der Waals surface area contributed by atoms with Gasteiger partial charge in [-0.2, -0.15) is 5.10 Å². The van der Waals surface area contributed by atoms with E-state index >= 15 is 0 Å². The Morgan fingerprint density at radius 3 is 2.61 bits per heavy atom. The average Bonchev–Trinajstić information content (AvgIpc) is 3.63. The van der Waals surface area contributed by atoms with Gasteiger partial charge < -0.3 is 5.32 Å². The Labute approximate surface area is 234 Å². The third kappa shape index (κ3) is 3.87. The van der Waals surface area contributed by atoms with Gasteiger partial charge >= 0.3 is 0 Å². The first kappa shape index (κ1) is 23.4. The summed E-state index contributed by atoms with van der Waals surface area (Å²) in [6.45, 7) is 0.522. The van der Waals surface area contributed by atoms with E-state index in [1.165, 1.54) is 0 Å². The van der Waals surface area contributed by atoms with Crippen LogP contribution < -0.4 is 10.2 Å². The quantitative estimate of drug-likeness (QED) is 0.299. The van der Waals surface area contributed by atoms with Crippen molar-refractivity contribution < 1.29 is 4.79 Å². The lowest BCUT2D eigenvalue weighted by Crippen LogP contribution is -2.51. The Morgan fingerprint density at radius 1 is 1.03 bits per heavy atom. The summed E-state index contributed by atoms with van der Waals surface area (Å²) in [4.78, 5) is 27.1. The van der Waals surface area contributed by atoms with Crippen LogP contribution in [0.2, 0.25) is 0 Å². The highest BCUT2D eigenvalue weighted by Gasteiger charge is 2.49. The lowest BCUT2D eigenvalue weighted by molar-refractivity contribution is 0.0866. The summed E-state index contributed by atoms with van der Waals surface area (Å²) in [5.41, 5.74) is 4.60. The first-order valence-electron chi connectivity index (χ1n) is 12.9. The van der Waals surface area contributed by atoms with Crippen molar-refractivity contribution in [2.45, 2.75) is 37.9 Å². The van der Waals surface area contributed by atoms with Gasteiger partial charge in [-0.25, -0.2) is 9.67 Å². The van der Waals surface area contributed by atoms with Gasteiger partial charge in [-0.1, -0.05) is 42.5 Å². The minimum absolute atomic E-state index is 0.0835. The molecule has 1 fully saturated rings. The minimum Gasteiger partial charge on any atom is -0.340 e. The summed E-state index contributed by atoms with van der Waals surface area (Å²) in [5, 5.41) is 8.57. The highest BCUT2D eigenvalue weighted by molar-refractivity contribution is 14.1. The predicted molar refractivity (Wildman–Crippen MR) is 157 cm³/mol. The predicted octanol–water partition coefficient (Wildman–Crippen LogP) is 5.52. The number of amides is 1.